The molecule has 2 aliphatic rings. The fourth-order valence-corrected chi connectivity index (χ4v) is 3.89. The molecule has 3 atom stereocenters. The van der Waals surface area contributed by atoms with Gasteiger partial charge in [-0.3, -0.25) is 4.79 Å². The summed E-state index contributed by atoms with van der Waals surface area (Å²) >= 11 is 0. The van der Waals surface area contributed by atoms with Gasteiger partial charge >= 0.3 is 0 Å². The molecule has 2 N–H and O–H groups in total. The number of rotatable bonds is 4. The maximum atomic E-state index is 12.1. The van der Waals surface area contributed by atoms with E-state index in [9.17, 15) is 4.79 Å². The van der Waals surface area contributed by atoms with Gasteiger partial charge in [-0.15, -0.1) is 0 Å². The molecule has 0 saturated heterocycles. The van der Waals surface area contributed by atoms with Gasteiger partial charge in [0.05, 0.1) is 6.54 Å². The Hall–Kier alpha value is -0.570. The summed E-state index contributed by atoms with van der Waals surface area (Å²) in [4.78, 5) is 12.1. The Morgan fingerprint density at radius 2 is 1.70 bits per heavy atom. The highest BCUT2D eigenvalue weighted by molar-refractivity contribution is 5.78. The average Bonchev–Trinajstić information content (AvgIpc) is 2.66. The molecule has 0 spiro atoms. The van der Waals surface area contributed by atoms with Crippen LogP contribution >= 0.6 is 0 Å². The third-order valence-electron chi connectivity index (χ3n) is 5.18. The van der Waals surface area contributed by atoms with Crippen molar-refractivity contribution in [2.75, 3.05) is 6.54 Å². The molecular formula is C17H32N2O. The summed E-state index contributed by atoms with van der Waals surface area (Å²) in [7, 11) is 0. The van der Waals surface area contributed by atoms with Gasteiger partial charge in [-0.25, -0.2) is 0 Å². The summed E-state index contributed by atoms with van der Waals surface area (Å²) in [6.45, 7) is 5.15. The van der Waals surface area contributed by atoms with Gasteiger partial charge in [0.2, 0.25) is 5.91 Å². The topological polar surface area (TPSA) is 41.1 Å². The molecule has 0 radical (unpaired) electrons. The molecule has 0 aromatic rings. The highest BCUT2D eigenvalue weighted by Crippen LogP contribution is 2.28. The zero-order chi connectivity index (χ0) is 14.4. The van der Waals surface area contributed by atoms with Crippen LogP contribution in [0.1, 0.15) is 71.6 Å². The van der Waals surface area contributed by atoms with Gasteiger partial charge in [0.15, 0.2) is 0 Å². The molecule has 3 unspecified atom stereocenters. The second-order valence-electron chi connectivity index (χ2n) is 7.14. The van der Waals surface area contributed by atoms with Crippen LogP contribution in [0.2, 0.25) is 0 Å². The Kier molecular flexibility index (Phi) is 6.34. The smallest absolute Gasteiger partial charge is 0.234 e. The minimum atomic E-state index is 0.197. The van der Waals surface area contributed by atoms with Crippen LogP contribution in [0.25, 0.3) is 0 Å². The molecule has 0 bridgehead atoms. The summed E-state index contributed by atoms with van der Waals surface area (Å²) in [5.41, 5.74) is 0. The van der Waals surface area contributed by atoms with E-state index in [1.54, 1.807) is 0 Å². The summed E-state index contributed by atoms with van der Waals surface area (Å²) in [5.74, 6) is 1.75. The van der Waals surface area contributed by atoms with Crippen molar-refractivity contribution >= 4 is 5.91 Å². The first-order valence-electron chi connectivity index (χ1n) is 8.68. The predicted octanol–water partition coefficient (Wildman–Crippen LogP) is 3.24. The quantitative estimate of drug-likeness (QED) is 0.776. The fraction of sp³-hybridized carbons (Fsp3) is 0.941. The van der Waals surface area contributed by atoms with Crippen molar-refractivity contribution in [1.29, 1.82) is 0 Å². The highest BCUT2D eigenvalue weighted by Gasteiger charge is 2.25. The van der Waals surface area contributed by atoms with Crippen LogP contribution in [0.15, 0.2) is 0 Å². The van der Waals surface area contributed by atoms with Crippen LogP contribution in [0.4, 0.5) is 0 Å². The van der Waals surface area contributed by atoms with E-state index >= 15 is 0 Å². The van der Waals surface area contributed by atoms with Gasteiger partial charge < -0.3 is 10.6 Å². The van der Waals surface area contributed by atoms with Crippen molar-refractivity contribution in [3.05, 3.63) is 0 Å². The van der Waals surface area contributed by atoms with Crippen molar-refractivity contribution < 1.29 is 4.79 Å². The van der Waals surface area contributed by atoms with Crippen LogP contribution in [-0.2, 0) is 4.79 Å². The minimum Gasteiger partial charge on any atom is -0.352 e. The Morgan fingerprint density at radius 3 is 2.35 bits per heavy atom. The zero-order valence-corrected chi connectivity index (χ0v) is 13.3. The van der Waals surface area contributed by atoms with E-state index in [-0.39, 0.29) is 5.91 Å². The summed E-state index contributed by atoms with van der Waals surface area (Å²) in [6, 6.07) is 0.960. The van der Waals surface area contributed by atoms with Gasteiger partial charge in [0.1, 0.15) is 0 Å². The van der Waals surface area contributed by atoms with E-state index in [0.29, 0.717) is 24.5 Å². The molecular weight excluding hydrogens is 248 g/mol. The van der Waals surface area contributed by atoms with E-state index in [1.807, 2.05) is 0 Å². The molecule has 0 heterocycles. The van der Waals surface area contributed by atoms with Crippen LogP contribution in [-0.4, -0.2) is 24.5 Å². The molecule has 20 heavy (non-hydrogen) atoms. The average molecular weight is 280 g/mol. The van der Waals surface area contributed by atoms with Crippen LogP contribution in [0, 0.1) is 11.8 Å². The van der Waals surface area contributed by atoms with E-state index in [0.717, 1.165) is 5.92 Å². The molecule has 2 aliphatic carbocycles. The number of carbonyl (C=O) groups excluding carboxylic acids is 1. The van der Waals surface area contributed by atoms with Gasteiger partial charge in [0, 0.05) is 12.1 Å². The molecule has 3 heteroatoms. The summed E-state index contributed by atoms with van der Waals surface area (Å²) < 4.78 is 0. The van der Waals surface area contributed by atoms with Crippen LogP contribution in [0.5, 0.6) is 0 Å². The third-order valence-corrected chi connectivity index (χ3v) is 5.18. The zero-order valence-electron chi connectivity index (χ0n) is 13.3. The van der Waals surface area contributed by atoms with E-state index in [1.165, 1.54) is 57.8 Å². The maximum absolute atomic E-state index is 12.1. The molecule has 0 aromatic heterocycles. The number of nitrogens with one attached hydrogen (secondary N) is 2. The third kappa shape index (κ3) is 5.08. The number of hydrogen-bond acceptors (Lipinski definition) is 2. The Bertz CT molecular complexity index is 297. The molecule has 3 nitrogen and oxygen atoms in total. The second kappa shape index (κ2) is 8.02. The largest absolute Gasteiger partial charge is 0.352 e. The first-order valence-corrected chi connectivity index (χ1v) is 8.68. The SMILES string of the molecule is CC1CCC(NCC(=O)NC2CCCCCC2)C(C)C1. The normalized spacial score (nSPS) is 32.6. The molecule has 0 aliphatic heterocycles. The van der Waals surface area contributed by atoms with Crippen molar-refractivity contribution in [3.8, 4) is 0 Å². The number of hydrogen-bond donors (Lipinski definition) is 2. The number of amides is 1. The van der Waals surface area contributed by atoms with E-state index < -0.39 is 0 Å². The Morgan fingerprint density at radius 1 is 1.00 bits per heavy atom. The lowest BCUT2D eigenvalue weighted by atomic mass is 9.80. The lowest BCUT2D eigenvalue weighted by molar-refractivity contribution is -0.121. The first-order chi connectivity index (χ1) is 9.65. The Balaban J connectivity index is 1.66. The molecule has 1 amide bonds. The van der Waals surface area contributed by atoms with Crippen molar-refractivity contribution in [3.63, 3.8) is 0 Å². The second-order valence-corrected chi connectivity index (χ2v) is 7.14. The van der Waals surface area contributed by atoms with E-state index in [4.69, 9.17) is 0 Å². The first kappa shape index (κ1) is 15.8. The Labute approximate surface area is 124 Å². The molecule has 2 rings (SSSR count). The van der Waals surface area contributed by atoms with Crippen molar-refractivity contribution in [2.45, 2.75) is 83.7 Å². The standard InChI is InChI=1S/C17H32N2O/c1-13-9-10-16(14(2)11-13)18-12-17(20)19-15-7-5-3-4-6-8-15/h13-16,18H,3-12H2,1-2H3,(H,19,20). The van der Waals surface area contributed by atoms with E-state index in [2.05, 4.69) is 24.5 Å². The van der Waals surface area contributed by atoms with Gasteiger partial charge in [-0.2, -0.15) is 0 Å². The molecule has 2 fully saturated rings. The highest BCUT2D eigenvalue weighted by atomic mass is 16.1. The predicted molar refractivity (Wildman–Crippen MR) is 83.6 cm³/mol. The van der Waals surface area contributed by atoms with Crippen molar-refractivity contribution in [2.24, 2.45) is 11.8 Å². The molecule has 2 saturated carbocycles. The molecule has 0 aromatic carbocycles. The summed E-state index contributed by atoms with van der Waals surface area (Å²) in [5, 5.41) is 6.71. The fourth-order valence-electron chi connectivity index (χ4n) is 3.89. The van der Waals surface area contributed by atoms with Crippen LogP contribution < -0.4 is 10.6 Å². The lowest BCUT2D eigenvalue weighted by Crippen LogP contribution is -2.46. The molecule has 116 valence electrons. The lowest BCUT2D eigenvalue weighted by Gasteiger charge is -2.33. The van der Waals surface area contributed by atoms with Gasteiger partial charge in [-0.1, -0.05) is 39.5 Å². The maximum Gasteiger partial charge on any atom is 0.234 e. The minimum absolute atomic E-state index is 0.197. The van der Waals surface area contributed by atoms with Crippen molar-refractivity contribution in [1.82, 2.24) is 10.6 Å². The summed E-state index contributed by atoms with van der Waals surface area (Å²) in [6.07, 6.45) is 11.4. The van der Waals surface area contributed by atoms with Gasteiger partial charge in [0.25, 0.3) is 0 Å². The number of carbonyl (C=O) groups is 1. The van der Waals surface area contributed by atoms with Crippen LogP contribution in [0.3, 0.4) is 0 Å². The monoisotopic (exact) mass is 280 g/mol. The van der Waals surface area contributed by atoms with Gasteiger partial charge in [-0.05, 0) is 43.9 Å².